The van der Waals surface area contributed by atoms with Crippen molar-refractivity contribution >= 4 is 11.5 Å². The van der Waals surface area contributed by atoms with E-state index >= 15 is 0 Å². The van der Waals surface area contributed by atoms with Crippen LogP contribution in [0.25, 0.3) is 0 Å². The number of carbonyl (C=O) groups is 1. The summed E-state index contributed by atoms with van der Waals surface area (Å²) in [4.78, 5) is 11.6. The van der Waals surface area contributed by atoms with Crippen LogP contribution in [0.3, 0.4) is 0 Å². The summed E-state index contributed by atoms with van der Waals surface area (Å²) in [6, 6.07) is 15.3. The van der Waals surface area contributed by atoms with E-state index in [2.05, 4.69) is 5.32 Å². The van der Waals surface area contributed by atoms with Gasteiger partial charge in [-0.1, -0.05) is 12.1 Å². The topological polar surface area (TPSA) is 47.6 Å². The predicted octanol–water partition coefficient (Wildman–Crippen LogP) is 3.84. The number of hydrogen-bond donors (Lipinski definition) is 1. The first-order chi connectivity index (χ1) is 10.6. The van der Waals surface area contributed by atoms with Crippen LogP contribution in [0, 0.1) is 0 Å². The number of nitrogens with one attached hydrogen (secondary N) is 1. The van der Waals surface area contributed by atoms with Crippen LogP contribution in [0.4, 0.5) is 5.69 Å². The summed E-state index contributed by atoms with van der Waals surface area (Å²) >= 11 is 0. The standard InChI is InChI=1S/C18H21NO3/c1-13(20)12-18(14-4-8-16(21-2)9-5-14)19-15-6-10-17(22-3)11-7-15/h4-11,18-19H,12H2,1-3H3. The second-order valence-corrected chi connectivity index (χ2v) is 5.10. The minimum atomic E-state index is -0.0724. The van der Waals surface area contributed by atoms with Gasteiger partial charge in [-0.15, -0.1) is 0 Å². The van der Waals surface area contributed by atoms with Gasteiger partial charge in [-0.3, -0.25) is 4.79 Å². The Labute approximate surface area is 131 Å². The van der Waals surface area contributed by atoms with Gasteiger partial charge in [-0.25, -0.2) is 0 Å². The lowest BCUT2D eigenvalue weighted by Crippen LogP contribution is -2.14. The van der Waals surface area contributed by atoms with E-state index < -0.39 is 0 Å². The van der Waals surface area contributed by atoms with Crippen LogP contribution in [-0.4, -0.2) is 20.0 Å². The predicted molar refractivity (Wildman–Crippen MR) is 87.6 cm³/mol. The molecule has 0 saturated carbocycles. The van der Waals surface area contributed by atoms with Crippen molar-refractivity contribution in [3.63, 3.8) is 0 Å². The highest BCUT2D eigenvalue weighted by Gasteiger charge is 2.14. The summed E-state index contributed by atoms with van der Waals surface area (Å²) in [7, 11) is 3.27. The molecule has 0 amide bonds. The Morgan fingerprint density at radius 2 is 1.45 bits per heavy atom. The number of carbonyl (C=O) groups excluding carboxylic acids is 1. The first-order valence-corrected chi connectivity index (χ1v) is 7.16. The first kappa shape index (κ1) is 15.9. The van der Waals surface area contributed by atoms with E-state index in [0.717, 1.165) is 22.7 Å². The van der Waals surface area contributed by atoms with Crippen molar-refractivity contribution < 1.29 is 14.3 Å². The van der Waals surface area contributed by atoms with E-state index in [9.17, 15) is 4.79 Å². The summed E-state index contributed by atoms with van der Waals surface area (Å²) in [5, 5.41) is 3.40. The van der Waals surface area contributed by atoms with Crippen molar-refractivity contribution in [2.75, 3.05) is 19.5 Å². The molecule has 0 aliphatic heterocycles. The number of anilines is 1. The van der Waals surface area contributed by atoms with Crippen LogP contribution in [0.15, 0.2) is 48.5 Å². The molecule has 0 bridgehead atoms. The van der Waals surface area contributed by atoms with Crippen LogP contribution >= 0.6 is 0 Å². The number of ether oxygens (including phenoxy) is 2. The van der Waals surface area contributed by atoms with E-state index in [-0.39, 0.29) is 11.8 Å². The molecule has 2 aromatic carbocycles. The third-order valence-electron chi connectivity index (χ3n) is 3.44. The van der Waals surface area contributed by atoms with E-state index in [0.29, 0.717) is 6.42 Å². The zero-order chi connectivity index (χ0) is 15.9. The van der Waals surface area contributed by atoms with Gasteiger partial charge < -0.3 is 14.8 Å². The summed E-state index contributed by atoms with van der Waals surface area (Å²) < 4.78 is 10.3. The Bertz CT molecular complexity index is 605. The Morgan fingerprint density at radius 1 is 0.955 bits per heavy atom. The molecule has 0 aromatic heterocycles. The van der Waals surface area contributed by atoms with E-state index in [1.54, 1.807) is 21.1 Å². The third-order valence-corrected chi connectivity index (χ3v) is 3.44. The van der Waals surface area contributed by atoms with Gasteiger partial charge in [0.15, 0.2) is 0 Å². The van der Waals surface area contributed by atoms with Gasteiger partial charge in [0, 0.05) is 12.1 Å². The molecule has 0 fully saturated rings. The molecule has 0 spiro atoms. The quantitative estimate of drug-likeness (QED) is 0.844. The molecule has 0 saturated heterocycles. The molecule has 4 heteroatoms. The molecular formula is C18H21NO3. The zero-order valence-corrected chi connectivity index (χ0v) is 13.1. The minimum absolute atomic E-state index is 0.0724. The Balaban J connectivity index is 2.18. The van der Waals surface area contributed by atoms with Crippen molar-refractivity contribution in [1.82, 2.24) is 0 Å². The van der Waals surface area contributed by atoms with Crippen LogP contribution in [0.1, 0.15) is 24.9 Å². The average molecular weight is 299 g/mol. The number of methoxy groups -OCH3 is 2. The third kappa shape index (κ3) is 4.25. The van der Waals surface area contributed by atoms with Crippen molar-refractivity contribution in [3.05, 3.63) is 54.1 Å². The highest BCUT2D eigenvalue weighted by molar-refractivity contribution is 5.77. The molecule has 22 heavy (non-hydrogen) atoms. The van der Waals surface area contributed by atoms with Gasteiger partial charge >= 0.3 is 0 Å². The van der Waals surface area contributed by atoms with Crippen LogP contribution < -0.4 is 14.8 Å². The lowest BCUT2D eigenvalue weighted by molar-refractivity contribution is -0.117. The lowest BCUT2D eigenvalue weighted by Gasteiger charge is -2.20. The summed E-state index contributed by atoms with van der Waals surface area (Å²) in [5.41, 5.74) is 2.00. The SMILES string of the molecule is COc1ccc(NC(CC(C)=O)c2ccc(OC)cc2)cc1. The van der Waals surface area contributed by atoms with Crippen molar-refractivity contribution in [3.8, 4) is 11.5 Å². The maximum absolute atomic E-state index is 11.6. The zero-order valence-electron chi connectivity index (χ0n) is 13.1. The van der Waals surface area contributed by atoms with Gasteiger partial charge in [0.05, 0.1) is 20.3 Å². The molecule has 0 aliphatic rings. The number of hydrogen-bond acceptors (Lipinski definition) is 4. The molecule has 1 unspecified atom stereocenters. The van der Waals surface area contributed by atoms with Crippen molar-refractivity contribution in [2.45, 2.75) is 19.4 Å². The number of rotatable bonds is 7. The second kappa shape index (κ2) is 7.50. The fraction of sp³-hybridized carbons (Fsp3) is 0.278. The summed E-state index contributed by atoms with van der Waals surface area (Å²) in [6.45, 7) is 1.60. The molecule has 2 aromatic rings. The fourth-order valence-corrected chi connectivity index (χ4v) is 2.26. The summed E-state index contributed by atoms with van der Waals surface area (Å²) in [5.74, 6) is 1.75. The largest absolute Gasteiger partial charge is 0.497 e. The van der Waals surface area contributed by atoms with E-state index in [1.165, 1.54) is 0 Å². The first-order valence-electron chi connectivity index (χ1n) is 7.16. The average Bonchev–Trinajstić information content (AvgIpc) is 2.54. The maximum atomic E-state index is 11.6. The molecule has 1 atom stereocenters. The molecule has 2 rings (SSSR count). The van der Waals surface area contributed by atoms with Gasteiger partial charge in [0.2, 0.25) is 0 Å². The fourth-order valence-electron chi connectivity index (χ4n) is 2.26. The highest BCUT2D eigenvalue weighted by Crippen LogP contribution is 2.26. The highest BCUT2D eigenvalue weighted by atomic mass is 16.5. The minimum Gasteiger partial charge on any atom is -0.497 e. The van der Waals surface area contributed by atoms with Crippen LogP contribution in [0.5, 0.6) is 11.5 Å². The van der Waals surface area contributed by atoms with Gasteiger partial charge in [0.1, 0.15) is 17.3 Å². The van der Waals surface area contributed by atoms with Crippen molar-refractivity contribution in [1.29, 1.82) is 0 Å². The van der Waals surface area contributed by atoms with Crippen LogP contribution in [0.2, 0.25) is 0 Å². The molecular weight excluding hydrogens is 278 g/mol. The number of benzene rings is 2. The number of ketones is 1. The molecule has 1 N–H and O–H groups in total. The monoisotopic (exact) mass is 299 g/mol. The molecule has 4 nitrogen and oxygen atoms in total. The maximum Gasteiger partial charge on any atom is 0.132 e. The molecule has 116 valence electrons. The van der Waals surface area contributed by atoms with Gasteiger partial charge in [0.25, 0.3) is 0 Å². The van der Waals surface area contributed by atoms with Gasteiger partial charge in [-0.2, -0.15) is 0 Å². The van der Waals surface area contributed by atoms with E-state index in [1.807, 2.05) is 48.5 Å². The smallest absolute Gasteiger partial charge is 0.132 e. The Kier molecular flexibility index (Phi) is 5.42. The van der Waals surface area contributed by atoms with Crippen molar-refractivity contribution in [2.24, 2.45) is 0 Å². The van der Waals surface area contributed by atoms with E-state index in [4.69, 9.17) is 9.47 Å². The number of Topliss-reactive ketones (excluding diaryl/α,β-unsaturated/α-hetero) is 1. The Morgan fingerprint density at radius 3 is 1.91 bits per heavy atom. The Hall–Kier alpha value is -2.49. The van der Waals surface area contributed by atoms with Gasteiger partial charge in [-0.05, 0) is 48.9 Å². The molecule has 0 radical (unpaired) electrons. The molecule has 0 heterocycles. The summed E-state index contributed by atoms with van der Waals surface area (Å²) in [6.07, 6.45) is 0.429. The molecule has 0 aliphatic carbocycles. The normalized spacial score (nSPS) is 11.6. The lowest BCUT2D eigenvalue weighted by atomic mass is 10.0. The second-order valence-electron chi connectivity index (χ2n) is 5.10. The van der Waals surface area contributed by atoms with Crippen LogP contribution in [-0.2, 0) is 4.79 Å².